The molecule has 0 aliphatic rings. The van der Waals surface area contributed by atoms with E-state index < -0.39 is 5.24 Å². The Kier molecular flexibility index (Phi) is 4.14. The van der Waals surface area contributed by atoms with E-state index in [9.17, 15) is 4.79 Å². The zero-order chi connectivity index (χ0) is 10.4. The van der Waals surface area contributed by atoms with Gasteiger partial charge in [0, 0.05) is 5.57 Å². The zero-order valence-electron chi connectivity index (χ0n) is 7.91. The van der Waals surface area contributed by atoms with Gasteiger partial charge in [-0.05, 0) is 24.1 Å². The largest absolute Gasteiger partial charge is 0.276 e. The summed E-state index contributed by atoms with van der Waals surface area (Å²) in [4.78, 5) is 10.6. The van der Waals surface area contributed by atoms with Gasteiger partial charge in [0.15, 0.2) is 0 Å². The third-order valence-corrected chi connectivity index (χ3v) is 2.04. The molecule has 0 saturated carbocycles. The topological polar surface area (TPSA) is 17.1 Å². The van der Waals surface area contributed by atoms with Crippen molar-refractivity contribution in [1.82, 2.24) is 0 Å². The number of halogens is 1. The Morgan fingerprint density at radius 1 is 1.29 bits per heavy atom. The summed E-state index contributed by atoms with van der Waals surface area (Å²) < 4.78 is 0. The minimum absolute atomic E-state index is 0.414. The molecule has 1 aromatic carbocycles. The number of carbonyl (C=O) groups is 1. The molecule has 0 saturated heterocycles. The smallest absolute Gasteiger partial charge is 0.248 e. The quantitative estimate of drug-likeness (QED) is 0.421. The van der Waals surface area contributed by atoms with Gasteiger partial charge in [0.2, 0.25) is 5.24 Å². The lowest BCUT2D eigenvalue weighted by Crippen LogP contribution is -1.85. The van der Waals surface area contributed by atoms with Crippen molar-refractivity contribution < 1.29 is 4.79 Å². The number of benzene rings is 1. The third-order valence-electron chi connectivity index (χ3n) is 1.74. The number of hydrogen-bond acceptors (Lipinski definition) is 1. The van der Waals surface area contributed by atoms with Crippen LogP contribution < -0.4 is 0 Å². The summed E-state index contributed by atoms with van der Waals surface area (Å²) in [5.41, 5.74) is 1.64. The predicted molar refractivity (Wildman–Crippen MR) is 60.1 cm³/mol. The monoisotopic (exact) mass is 206 g/mol. The van der Waals surface area contributed by atoms with Crippen LogP contribution in [0.1, 0.15) is 12.5 Å². The molecule has 0 aliphatic carbocycles. The average Bonchev–Trinajstić information content (AvgIpc) is 2.19. The molecule has 0 unspecified atom stereocenters. The fourth-order valence-electron chi connectivity index (χ4n) is 0.933. The van der Waals surface area contributed by atoms with Crippen LogP contribution in [0.5, 0.6) is 0 Å². The van der Waals surface area contributed by atoms with Gasteiger partial charge in [-0.25, -0.2) is 0 Å². The summed E-state index contributed by atoms with van der Waals surface area (Å²) in [6.07, 6.45) is 5.43. The van der Waals surface area contributed by atoms with Crippen molar-refractivity contribution in [3.63, 3.8) is 0 Å². The fraction of sp³-hybridized carbons (Fsp3) is 0.0833. The van der Waals surface area contributed by atoms with Crippen LogP contribution >= 0.6 is 11.6 Å². The summed E-state index contributed by atoms with van der Waals surface area (Å²) in [6, 6.07) is 9.86. The average molecular weight is 207 g/mol. The lowest BCUT2D eigenvalue weighted by atomic mass is 10.2. The first-order chi connectivity index (χ1) is 6.70. The summed E-state index contributed by atoms with van der Waals surface area (Å²) >= 11 is 5.27. The first-order valence-electron chi connectivity index (χ1n) is 4.30. The van der Waals surface area contributed by atoms with Gasteiger partial charge in [-0.1, -0.05) is 48.6 Å². The van der Waals surface area contributed by atoms with E-state index in [0.717, 1.165) is 5.56 Å². The molecule has 72 valence electrons. The van der Waals surface area contributed by atoms with Crippen molar-refractivity contribution in [2.45, 2.75) is 6.92 Å². The van der Waals surface area contributed by atoms with Crippen LogP contribution in [0.4, 0.5) is 0 Å². The second kappa shape index (κ2) is 5.40. The van der Waals surface area contributed by atoms with Crippen molar-refractivity contribution in [2.75, 3.05) is 0 Å². The molecular formula is C12H11ClO. The van der Waals surface area contributed by atoms with Crippen LogP contribution in [0, 0.1) is 0 Å². The van der Waals surface area contributed by atoms with Crippen molar-refractivity contribution in [3.8, 4) is 0 Å². The van der Waals surface area contributed by atoms with E-state index in [2.05, 4.69) is 0 Å². The Balaban J connectivity index is 2.66. The molecule has 0 aromatic heterocycles. The molecule has 0 bridgehead atoms. The fourth-order valence-corrected chi connectivity index (χ4v) is 0.996. The maximum absolute atomic E-state index is 10.6. The van der Waals surface area contributed by atoms with Gasteiger partial charge in [0.05, 0.1) is 0 Å². The highest BCUT2D eigenvalue weighted by molar-refractivity contribution is 6.67. The van der Waals surface area contributed by atoms with E-state index in [-0.39, 0.29) is 0 Å². The molecule has 0 radical (unpaired) electrons. The lowest BCUT2D eigenvalue weighted by molar-refractivity contribution is -0.108. The number of rotatable bonds is 3. The summed E-state index contributed by atoms with van der Waals surface area (Å²) in [5.74, 6) is 0. The van der Waals surface area contributed by atoms with E-state index in [4.69, 9.17) is 11.6 Å². The molecule has 1 aromatic rings. The number of allylic oxidation sites excluding steroid dienone is 3. The van der Waals surface area contributed by atoms with E-state index >= 15 is 0 Å². The number of hydrogen-bond donors (Lipinski definition) is 0. The highest BCUT2D eigenvalue weighted by Gasteiger charge is 1.94. The van der Waals surface area contributed by atoms with E-state index in [1.807, 2.05) is 42.5 Å². The van der Waals surface area contributed by atoms with Crippen molar-refractivity contribution in [2.24, 2.45) is 0 Å². The molecule has 0 spiro atoms. The molecule has 2 heteroatoms. The van der Waals surface area contributed by atoms with Crippen molar-refractivity contribution in [1.29, 1.82) is 0 Å². The Hall–Kier alpha value is -1.34. The van der Waals surface area contributed by atoms with Crippen LogP contribution in [0.25, 0.3) is 6.08 Å². The van der Waals surface area contributed by atoms with Crippen LogP contribution in [0.3, 0.4) is 0 Å². The Morgan fingerprint density at radius 3 is 2.50 bits per heavy atom. The highest BCUT2D eigenvalue weighted by Crippen LogP contribution is 2.03. The van der Waals surface area contributed by atoms with Gasteiger partial charge < -0.3 is 0 Å². The molecular weight excluding hydrogens is 196 g/mol. The molecule has 0 atom stereocenters. The molecule has 1 rings (SSSR count). The van der Waals surface area contributed by atoms with E-state index in [1.165, 1.54) is 0 Å². The van der Waals surface area contributed by atoms with Gasteiger partial charge >= 0.3 is 0 Å². The maximum atomic E-state index is 10.6. The second-order valence-corrected chi connectivity index (χ2v) is 3.24. The normalized spacial score (nSPS) is 12.0. The molecule has 0 aliphatic heterocycles. The van der Waals surface area contributed by atoms with Gasteiger partial charge in [-0.2, -0.15) is 0 Å². The van der Waals surface area contributed by atoms with Gasteiger partial charge in [-0.15, -0.1) is 0 Å². The predicted octanol–water partition coefficient (Wildman–Crippen LogP) is 3.41. The zero-order valence-corrected chi connectivity index (χ0v) is 8.66. The molecule has 1 nitrogen and oxygen atoms in total. The van der Waals surface area contributed by atoms with Gasteiger partial charge in [0.25, 0.3) is 0 Å². The summed E-state index contributed by atoms with van der Waals surface area (Å²) in [7, 11) is 0. The van der Waals surface area contributed by atoms with E-state index in [1.54, 1.807) is 13.0 Å². The third kappa shape index (κ3) is 3.58. The van der Waals surface area contributed by atoms with Crippen LogP contribution in [-0.2, 0) is 4.79 Å². The summed E-state index contributed by atoms with van der Waals surface area (Å²) in [5, 5.41) is -0.414. The lowest BCUT2D eigenvalue weighted by Gasteiger charge is -1.90. The molecule has 14 heavy (non-hydrogen) atoms. The minimum atomic E-state index is -0.414. The Labute approximate surface area is 88.7 Å². The van der Waals surface area contributed by atoms with Gasteiger partial charge in [0.1, 0.15) is 0 Å². The first kappa shape index (κ1) is 10.7. The Bertz CT molecular complexity index is 363. The first-order valence-corrected chi connectivity index (χ1v) is 4.68. The SMILES string of the molecule is CC(=CC=Cc1ccccc1)C(=O)Cl. The van der Waals surface area contributed by atoms with Crippen LogP contribution in [0.15, 0.2) is 48.1 Å². The van der Waals surface area contributed by atoms with E-state index in [0.29, 0.717) is 5.57 Å². The maximum Gasteiger partial charge on any atom is 0.248 e. The highest BCUT2D eigenvalue weighted by atomic mass is 35.5. The van der Waals surface area contributed by atoms with Crippen LogP contribution in [-0.4, -0.2) is 5.24 Å². The minimum Gasteiger partial charge on any atom is -0.276 e. The Morgan fingerprint density at radius 2 is 1.93 bits per heavy atom. The molecule has 0 N–H and O–H groups in total. The van der Waals surface area contributed by atoms with Crippen molar-refractivity contribution in [3.05, 3.63) is 53.6 Å². The standard InChI is InChI=1S/C12H11ClO/c1-10(12(13)14)6-5-9-11-7-3-2-4-8-11/h2-9H,1H3. The second-order valence-electron chi connectivity index (χ2n) is 2.89. The molecule has 0 amide bonds. The number of carbonyl (C=O) groups excluding carboxylic acids is 1. The van der Waals surface area contributed by atoms with Gasteiger partial charge in [-0.3, -0.25) is 4.79 Å². The van der Waals surface area contributed by atoms with Crippen LogP contribution in [0.2, 0.25) is 0 Å². The summed E-state index contributed by atoms with van der Waals surface area (Å²) in [6.45, 7) is 1.69. The molecule has 0 heterocycles. The van der Waals surface area contributed by atoms with Crippen molar-refractivity contribution >= 4 is 22.9 Å². The molecule has 0 fully saturated rings.